The molecule has 1 aliphatic heterocycles. The second-order valence-electron chi connectivity index (χ2n) is 6.02. The second-order valence-corrected chi connectivity index (χ2v) is 6.02. The van der Waals surface area contributed by atoms with Crippen LogP contribution in [0.3, 0.4) is 0 Å². The molecule has 0 atom stereocenters. The van der Waals surface area contributed by atoms with E-state index in [0.29, 0.717) is 44.8 Å². The predicted molar refractivity (Wildman–Crippen MR) is 97.2 cm³/mol. The minimum Gasteiger partial charge on any atom is -0.450 e. The lowest BCUT2D eigenvalue weighted by Gasteiger charge is -2.33. The van der Waals surface area contributed by atoms with Crippen molar-refractivity contribution >= 4 is 23.6 Å². The van der Waals surface area contributed by atoms with Crippen molar-refractivity contribution in [3.8, 4) is 0 Å². The summed E-state index contributed by atoms with van der Waals surface area (Å²) in [5.74, 6) is -1.78. The topological polar surface area (TPSA) is 87.7 Å². The second kappa shape index (κ2) is 8.59. The molecule has 2 heterocycles. The Bertz CT molecular complexity index is 855. The number of nitrogens with zero attached hydrogens (tertiary/aromatic N) is 4. The van der Waals surface area contributed by atoms with Crippen LogP contribution in [0.5, 0.6) is 0 Å². The van der Waals surface area contributed by atoms with Crippen LogP contribution >= 0.6 is 0 Å². The largest absolute Gasteiger partial charge is 0.450 e. The molecule has 2 amide bonds. The van der Waals surface area contributed by atoms with Crippen molar-refractivity contribution in [3.63, 3.8) is 0 Å². The zero-order valence-electron chi connectivity index (χ0n) is 15.2. The number of hydrogen-bond acceptors (Lipinski definition) is 6. The summed E-state index contributed by atoms with van der Waals surface area (Å²) in [4.78, 5) is 35.8. The number of piperazine rings is 1. The highest BCUT2D eigenvalue weighted by molar-refractivity contribution is 6.03. The van der Waals surface area contributed by atoms with Crippen molar-refractivity contribution in [2.45, 2.75) is 6.92 Å². The molecule has 3 rings (SSSR count). The molecule has 8 nitrogen and oxygen atoms in total. The molecule has 1 aromatic carbocycles. The van der Waals surface area contributed by atoms with Gasteiger partial charge in [0.2, 0.25) is 5.95 Å². The molecule has 1 N–H and O–H groups in total. The number of amides is 2. The van der Waals surface area contributed by atoms with Crippen LogP contribution in [0.15, 0.2) is 30.6 Å². The van der Waals surface area contributed by atoms with Gasteiger partial charge in [-0.05, 0) is 19.1 Å². The van der Waals surface area contributed by atoms with Gasteiger partial charge >= 0.3 is 6.09 Å². The van der Waals surface area contributed by atoms with Gasteiger partial charge in [-0.2, -0.15) is 0 Å². The Morgan fingerprint density at radius 3 is 2.43 bits per heavy atom. The molecule has 2 aromatic rings. The van der Waals surface area contributed by atoms with Crippen molar-refractivity contribution in [2.24, 2.45) is 0 Å². The average Bonchev–Trinajstić information content (AvgIpc) is 2.70. The van der Waals surface area contributed by atoms with Crippen LogP contribution in [0.1, 0.15) is 17.3 Å². The Hall–Kier alpha value is -3.30. The van der Waals surface area contributed by atoms with Gasteiger partial charge in [-0.25, -0.2) is 23.5 Å². The van der Waals surface area contributed by atoms with Crippen LogP contribution in [0.4, 0.5) is 25.2 Å². The molecule has 0 spiro atoms. The number of rotatable bonds is 4. The van der Waals surface area contributed by atoms with E-state index in [-0.39, 0.29) is 17.3 Å². The summed E-state index contributed by atoms with van der Waals surface area (Å²) >= 11 is 0. The predicted octanol–water partition coefficient (Wildman–Crippen LogP) is 2.29. The number of nitrogens with one attached hydrogen (secondary N) is 1. The lowest BCUT2D eigenvalue weighted by Crippen LogP contribution is -2.49. The third-order valence-electron chi connectivity index (χ3n) is 4.17. The van der Waals surface area contributed by atoms with Gasteiger partial charge in [-0.15, -0.1) is 0 Å². The smallest absolute Gasteiger partial charge is 0.409 e. The van der Waals surface area contributed by atoms with Gasteiger partial charge in [0, 0.05) is 44.6 Å². The summed E-state index contributed by atoms with van der Waals surface area (Å²) in [6, 6.07) is 2.88. The van der Waals surface area contributed by atoms with E-state index in [2.05, 4.69) is 15.3 Å². The van der Waals surface area contributed by atoms with Crippen LogP contribution < -0.4 is 10.2 Å². The van der Waals surface area contributed by atoms with Gasteiger partial charge in [0.1, 0.15) is 11.6 Å². The van der Waals surface area contributed by atoms with E-state index < -0.39 is 17.5 Å². The molecule has 1 aliphatic rings. The summed E-state index contributed by atoms with van der Waals surface area (Å²) in [6.45, 7) is 4.11. The lowest BCUT2D eigenvalue weighted by atomic mass is 10.2. The van der Waals surface area contributed by atoms with Crippen LogP contribution in [-0.2, 0) is 4.74 Å². The first-order chi connectivity index (χ1) is 13.5. The van der Waals surface area contributed by atoms with Gasteiger partial charge < -0.3 is 19.9 Å². The van der Waals surface area contributed by atoms with Crippen LogP contribution in [-0.4, -0.2) is 59.7 Å². The Balaban J connectivity index is 1.59. The first-order valence-corrected chi connectivity index (χ1v) is 8.73. The molecule has 1 saturated heterocycles. The van der Waals surface area contributed by atoms with E-state index in [9.17, 15) is 18.4 Å². The molecule has 0 aliphatic carbocycles. The van der Waals surface area contributed by atoms with Crippen LogP contribution in [0.2, 0.25) is 0 Å². The fourth-order valence-electron chi connectivity index (χ4n) is 2.69. The zero-order chi connectivity index (χ0) is 20.1. The number of ether oxygens (including phenoxy) is 1. The monoisotopic (exact) mass is 391 g/mol. The fraction of sp³-hybridized carbons (Fsp3) is 0.333. The van der Waals surface area contributed by atoms with E-state index in [4.69, 9.17) is 4.74 Å². The van der Waals surface area contributed by atoms with Gasteiger partial charge in [0.05, 0.1) is 17.9 Å². The number of hydrogen-bond donors (Lipinski definition) is 1. The molecular weight excluding hydrogens is 372 g/mol. The standard InChI is InChI=1S/C18H19F2N5O3/c1-2-28-18(27)25-7-5-24(6-8-25)17-21-10-12(11-22-17)16(26)23-15-4-3-13(19)9-14(15)20/h3-4,9-11H,2,5-8H2,1H3,(H,23,26). The van der Waals surface area contributed by atoms with E-state index in [0.717, 1.165) is 12.1 Å². The van der Waals surface area contributed by atoms with Crippen molar-refractivity contribution < 1.29 is 23.1 Å². The minimum absolute atomic E-state index is 0.134. The molecule has 0 unspecified atom stereocenters. The Morgan fingerprint density at radius 2 is 1.82 bits per heavy atom. The SMILES string of the molecule is CCOC(=O)N1CCN(c2ncc(C(=O)Nc3ccc(F)cc3F)cn2)CC1. The van der Waals surface area contributed by atoms with Crippen LogP contribution in [0, 0.1) is 11.6 Å². The van der Waals surface area contributed by atoms with Crippen molar-refractivity contribution in [2.75, 3.05) is 43.0 Å². The number of carbonyl (C=O) groups excluding carboxylic acids is 2. The molecule has 0 bridgehead atoms. The van der Waals surface area contributed by atoms with E-state index >= 15 is 0 Å². The Labute approximate surface area is 160 Å². The highest BCUT2D eigenvalue weighted by Gasteiger charge is 2.23. The Kier molecular flexibility index (Phi) is 5.97. The Morgan fingerprint density at radius 1 is 1.14 bits per heavy atom. The van der Waals surface area contributed by atoms with E-state index in [1.165, 1.54) is 12.4 Å². The maximum absolute atomic E-state index is 13.6. The van der Waals surface area contributed by atoms with Crippen molar-refractivity contribution in [1.29, 1.82) is 0 Å². The van der Waals surface area contributed by atoms with Gasteiger partial charge in [0.25, 0.3) is 5.91 Å². The molecule has 10 heteroatoms. The van der Waals surface area contributed by atoms with E-state index in [1.807, 2.05) is 4.90 Å². The maximum Gasteiger partial charge on any atom is 0.409 e. The highest BCUT2D eigenvalue weighted by atomic mass is 19.1. The number of carbonyl (C=O) groups is 2. The molecule has 148 valence electrons. The van der Waals surface area contributed by atoms with Crippen LogP contribution in [0.25, 0.3) is 0 Å². The van der Waals surface area contributed by atoms with E-state index in [1.54, 1.807) is 11.8 Å². The van der Waals surface area contributed by atoms with Crippen molar-refractivity contribution in [1.82, 2.24) is 14.9 Å². The number of halogens is 2. The first-order valence-electron chi connectivity index (χ1n) is 8.73. The van der Waals surface area contributed by atoms with Crippen molar-refractivity contribution in [3.05, 3.63) is 47.8 Å². The molecule has 28 heavy (non-hydrogen) atoms. The van der Waals surface area contributed by atoms with Gasteiger partial charge in [-0.1, -0.05) is 0 Å². The average molecular weight is 391 g/mol. The third kappa shape index (κ3) is 4.51. The molecule has 1 aromatic heterocycles. The summed E-state index contributed by atoms with van der Waals surface area (Å²) < 4.78 is 31.5. The first kappa shape index (κ1) is 19.5. The molecule has 1 fully saturated rings. The van der Waals surface area contributed by atoms with Gasteiger partial charge in [0.15, 0.2) is 0 Å². The lowest BCUT2D eigenvalue weighted by molar-refractivity contribution is 0.102. The number of benzene rings is 1. The minimum atomic E-state index is -0.870. The number of anilines is 2. The van der Waals surface area contributed by atoms with Gasteiger partial charge in [-0.3, -0.25) is 4.79 Å². The molecule has 0 saturated carbocycles. The summed E-state index contributed by atoms with van der Waals surface area (Å²) in [5, 5.41) is 2.35. The fourth-order valence-corrected chi connectivity index (χ4v) is 2.69. The number of aromatic nitrogens is 2. The zero-order valence-corrected chi connectivity index (χ0v) is 15.2. The molecular formula is C18H19F2N5O3. The molecule has 0 radical (unpaired) electrons. The summed E-state index contributed by atoms with van der Waals surface area (Å²) in [7, 11) is 0. The highest BCUT2D eigenvalue weighted by Crippen LogP contribution is 2.17. The maximum atomic E-state index is 13.6. The quantitative estimate of drug-likeness (QED) is 0.861. The third-order valence-corrected chi connectivity index (χ3v) is 4.17. The summed E-state index contributed by atoms with van der Waals surface area (Å²) in [6.07, 6.45) is 2.32. The summed E-state index contributed by atoms with van der Waals surface area (Å²) in [5.41, 5.74) is 0.00296. The normalized spacial score (nSPS) is 14.0.